The zero-order valence-electron chi connectivity index (χ0n) is 14.8. The molecule has 3 rings (SSSR count). The van der Waals surface area contributed by atoms with E-state index >= 15 is 0 Å². The third kappa shape index (κ3) is 5.44. The number of hydrogen-bond acceptors (Lipinski definition) is 6. The first-order valence-corrected chi connectivity index (χ1v) is 10.2. The number of aromatic nitrogens is 2. The smallest absolute Gasteiger partial charge is 0.125 e. The number of fused-ring (bicyclic) bond motifs is 4. The average molecular weight is 447 g/mol. The molecule has 4 N–H and O–H groups in total. The van der Waals surface area contributed by atoms with Crippen LogP contribution in [0.1, 0.15) is 22.8 Å². The molecule has 2 aromatic heterocycles. The van der Waals surface area contributed by atoms with Crippen molar-refractivity contribution in [2.45, 2.75) is 0 Å². The molecule has 0 fully saturated rings. The number of nitrogens with zero attached hydrogens (tertiary/aromatic N) is 2. The van der Waals surface area contributed by atoms with E-state index in [0.717, 1.165) is 0 Å². The van der Waals surface area contributed by atoms with Crippen LogP contribution in [0.25, 0.3) is 0 Å². The molecule has 0 aromatic carbocycles. The van der Waals surface area contributed by atoms with Gasteiger partial charge in [0.1, 0.15) is 20.0 Å². The fourth-order valence-electron chi connectivity index (χ4n) is 2.44. The lowest BCUT2D eigenvalue weighted by atomic mass is 10.2. The zero-order chi connectivity index (χ0) is 19.9. The van der Waals surface area contributed by atoms with Crippen molar-refractivity contribution in [2.75, 3.05) is 26.2 Å². The molecule has 0 aliphatic carbocycles. The highest BCUT2D eigenvalue weighted by molar-refractivity contribution is 7.81. The monoisotopic (exact) mass is 446 g/mol. The van der Waals surface area contributed by atoms with E-state index in [2.05, 4.69) is 31.2 Å². The Balaban J connectivity index is 1.78. The van der Waals surface area contributed by atoms with Gasteiger partial charge in [-0.1, -0.05) is 61.0 Å². The number of rotatable bonds is 0. The summed E-state index contributed by atoms with van der Waals surface area (Å²) in [6.07, 6.45) is 0. The first kappa shape index (κ1) is 20.6. The van der Waals surface area contributed by atoms with Crippen molar-refractivity contribution in [3.05, 3.63) is 59.2 Å². The van der Waals surface area contributed by atoms with Gasteiger partial charge >= 0.3 is 0 Å². The Kier molecular flexibility index (Phi) is 7.26. The molecule has 3 heterocycles. The fourth-order valence-corrected chi connectivity index (χ4v) is 3.30. The maximum absolute atomic E-state index is 5.43. The van der Waals surface area contributed by atoms with Gasteiger partial charge in [0.15, 0.2) is 0 Å². The maximum atomic E-state index is 5.43. The number of nitrogens with one attached hydrogen (secondary N) is 4. The molecular weight excluding hydrogens is 429 g/mol. The van der Waals surface area contributed by atoms with Crippen molar-refractivity contribution in [3.63, 3.8) is 0 Å². The molecule has 6 nitrogen and oxygen atoms in total. The van der Waals surface area contributed by atoms with E-state index in [1.165, 1.54) is 0 Å². The molecular formula is C18H18N6S4. The van der Waals surface area contributed by atoms with Gasteiger partial charge in [-0.2, -0.15) is 0 Å². The van der Waals surface area contributed by atoms with Gasteiger partial charge < -0.3 is 21.3 Å². The van der Waals surface area contributed by atoms with Gasteiger partial charge in [-0.25, -0.2) is 9.97 Å². The van der Waals surface area contributed by atoms with Crippen LogP contribution in [0.15, 0.2) is 36.4 Å². The van der Waals surface area contributed by atoms with Crippen LogP contribution >= 0.6 is 48.9 Å². The maximum Gasteiger partial charge on any atom is 0.125 e. The lowest BCUT2D eigenvalue weighted by molar-refractivity contribution is 0.815. The van der Waals surface area contributed by atoms with E-state index in [9.17, 15) is 0 Å². The van der Waals surface area contributed by atoms with Gasteiger partial charge in [0.05, 0.1) is 22.8 Å². The molecule has 1 aliphatic rings. The summed E-state index contributed by atoms with van der Waals surface area (Å²) in [6, 6.07) is 11.2. The predicted octanol–water partition coefficient (Wildman–Crippen LogP) is 1.25. The molecule has 1 aliphatic heterocycles. The third-order valence-corrected chi connectivity index (χ3v) is 5.23. The van der Waals surface area contributed by atoms with Crippen LogP contribution in [0.2, 0.25) is 0 Å². The van der Waals surface area contributed by atoms with E-state index in [-0.39, 0.29) is 0 Å². The summed E-state index contributed by atoms with van der Waals surface area (Å²) in [6.45, 7) is 2.36. The van der Waals surface area contributed by atoms with Crippen LogP contribution in [0.4, 0.5) is 0 Å². The van der Waals surface area contributed by atoms with Crippen molar-refractivity contribution in [3.8, 4) is 0 Å². The minimum absolute atomic E-state index is 0.561. The van der Waals surface area contributed by atoms with E-state index in [1.807, 2.05) is 36.4 Å². The van der Waals surface area contributed by atoms with Crippen LogP contribution < -0.4 is 21.3 Å². The van der Waals surface area contributed by atoms with Gasteiger partial charge in [-0.3, -0.25) is 0 Å². The summed E-state index contributed by atoms with van der Waals surface area (Å²) >= 11 is 21.7. The Morgan fingerprint density at radius 1 is 0.500 bits per heavy atom. The molecule has 0 unspecified atom stereocenters. The molecule has 144 valence electrons. The lowest BCUT2D eigenvalue weighted by Gasteiger charge is -2.14. The second-order valence-corrected chi connectivity index (χ2v) is 7.47. The standard InChI is InChI=1S/C18H18N6S4/c25-15-11-3-1-4-12(23-11)16(26)20-8-10-22-18(28)14-6-2-5-13(24-14)17(27)21-9-7-19-15/h1-6H,7-10H2,(H,19,25)(H,20,26)(H,21,27)(H,22,28). The molecule has 2 aromatic rings. The lowest BCUT2D eigenvalue weighted by Crippen LogP contribution is -2.36. The molecule has 0 atom stereocenters. The minimum Gasteiger partial charge on any atom is -0.373 e. The molecule has 0 saturated carbocycles. The van der Waals surface area contributed by atoms with Gasteiger partial charge in [0, 0.05) is 26.2 Å². The van der Waals surface area contributed by atoms with Gasteiger partial charge in [0.2, 0.25) is 0 Å². The molecule has 0 radical (unpaired) electrons. The largest absolute Gasteiger partial charge is 0.373 e. The number of thiocarbonyl (C=S) groups is 4. The van der Waals surface area contributed by atoms with E-state index in [1.54, 1.807) is 0 Å². The number of hydrogen-bond donors (Lipinski definition) is 4. The van der Waals surface area contributed by atoms with E-state index in [0.29, 0.717) is 68.9 Å². The van der Waals surface area contributed by atoms with E-state index < -0.39 is 0 Å². The molecule has 28 heavy (non-hydrogen) atoms. The summed E-state index contributed by atoms with van der Waals surface area (Å²) in [5.41, 5.74) is 2.70. The first-order valence-electron chi connectivity index (χ1n) is 8.61. The molecule has 4 bridgehead atoms. The second kappa shape index (κ2) is 9.87. The Morgan fingerprint density at radius 2 is 0.750 bits per heavy atom. The minimum atomic E-state index is 0.561. The fraction of sp³-hybridized carbons (Fsp3) is 0.222. The Labute approximate surface area is 184 Å². The van der Waals surface area contributed by atoms with Crippen molar-refractivity contribution < 1.29 is 0 Å². The summed E-state index contributed by atoms with van der Waals surface area (Å²) in [7, 11) is 0. The van der Waals surface area contributed by atoms with Crippen LogP contribution in [-0.2, 0) is 0 Å². The normalized spacial score (nSPS) is 16.0. The van der Waals surface area contributed by atoms with Gasteiger partial charge in [0.25, 0.3) is 0 Å². The summed E-state index contributed by atoms with van der Waals surface area (Å²) in [4.78, 5) is 11.3. The third-order valence-electron chi connectivity index (χ3n) is 3.82. The van der Waals surface area contributed by atoms with Crippen LogP contribution in [0.5, 0.6) is 0 Å². The Bertz CT molecular complexity index is 788. The van der Waals surface area contributed by atoms with Crippen LogP contribution in [0.3, 0.4) is 0 Å². The van der Waals surface area contributed by atoms with Crippen molar-refractivity contribution >= 4 is 68.8 Å². The summed E-state index contributed by atoms with van der Waals surface area (Å²) < 4.78 is 0. The Morgan fingerprint density at radius 3 is 1.00 bits per heavy atom. The quantitative estimate of drug-likeness (QED) is 0.444. The van der Waals surface area contributed by atoms with Gasteiger partial charge in [-0.15, -0.1) is 0 Å². The van der Waals surface area contributed by atoms with Crippen molar-refractivity contribution in [2.24, 2.45) is 0 Å². The van der Waals surface area contributed by atoms with Crippen LogP contribution in [-0.4, -0.2) is 56.1 Å². The van der Waals surface area contributed by atoms with Crippen LogP contribution in [0, 0.1) is 0 Å². The Hall–Kier alpha value is -2.14. The molecule has 10 heteroatoms. The first-order chi connectivity index (χ1) is 13.5. The predicted molar refractivity (Wildman–Crippen MR) is 127 cm³/mol. The highest BCUT2D eigenvalue weighted by atomic mass is 32.1. The summed E-state index contributed by atoms with van der Waals surface area (Å²) in [5, 5.41) is 12.7. The molecule has 0 saturated heterocycles. The number of pyridine rings is 2. The topological polar surface area (TPSA) is 73.9 Å². The highest BCUT2D eigenvalue weighted by Crippen LogP contribution is 2.03. The average Bonchev–Trinajstić information content (AvgIpc) is 2.73. The van der Waals surface area contributed by atoms with Crippen molar-refractivity contribution in [1.29, 1.82) is 0 Å². The molecule has 0 amide bonds. The molecule has 0 spiro atoms. The van der Waals surface area contributed by atoms with Gasteiger partial charge in [-0.05, 0) is 24.3 Å². The SMILES string of the molecule is S=C1NCCNC(=S)c2cccc(n2)C(=S)NCCNC(=S)c2cccc1n2. The zero-order valence-corrected chi connectivity index (χ0v) is 18.1. The summed E-state index contributed by atoms with van der Waals surface area (Å²) in [5.74, 6) is 0. The second-order valence-electron chi connectivity index (χ2n) is 5.84. The van der Waals surface area contributed by atoms with Crippen molar-refractivity contribution in [1.82, 2.24) is 31.2 Å². The van der Waals surface area contributed by atoms with E-state index in [4.69, 9.17) is 48.9 Å². The highest BCUT2D eigenvalue weighted by Gasteiger charge is 2.10.